The van der Waals surface area contributed by atoms with Crippen molar-refractivity contribution >= 4 is 49.8 Å². The van der Waals surface area contributed by atoms with Crippen molar-refractivity contribution in [2.24, 2.45) is 0 Å². The molecule has 0 unspecified atom stereocenters. The number of hydrogen-bond acceptors (Lipinski definition) is 2. The van der Waals surface area contributed by atoms with Crippen LogP contribution in [0.15, 0.2) is 241 Å². The van der Waals surface area contributed by atoms with Crippen molar-refractivity contribution in [3.05, 3.63) is 237 Å². The Bertz CT molecular complexity index is 3180. The largest absolute Gasteiger partial charge is 0.456 e. The molecule has 1 heterocycles. The van der Waals surface area contributed by atoms with Crippen molar-refractivity contribution in [1.82, 2.24) is 0 Å². The van der Waals surface area contributed by atoms with Crippen molar-refractivity contribution in [3.63, 3.8) is 0 Å². The fraction of sp³-hybridized carbons (Fsp3) is 0. The number of furan rings is 1. The molecule has 0 radical (unpaired) electrons. The highest BCUT2D eigenvalue weighted by atomic mass is 16.3. The van der Waals surface area contributed by atoms with Gasteiger partial charge >= 0.3 is 0 Å². The number of nitrogens with zero attached hydrogens (tertiary/aromatic N) is 1. The Hall–Kier alpha value is -7.94. The second-order valence-electron chi connectivity index (χ2n) is 15.3. The Labute approximate surface area is 349 Å². The maximum Gasteiger partial charge on any atom is 0.136 e. The van der Waals surface area contributed by atoms with Crippen LogP contribution >= 0.6 is 0 Å². The molecule has 0 spiro atoms. The molecule has 0 atom stereocenters. The van der Waals surface area contributed by atoms with Gasteiger partial charge in [-0.05, 0) is 127 Å². The van der Waals surface area contributed by atoms with Gasteiger partial charge < -0.3 is 9.32 Å². The predicted molar refractivity (Wildman–Crippen MR) is 253 cm³/mol. The molecule has 0 aliphatic carbocycles. The number of benzene rings is 10. The molecule has 282 valence electrons. The first-order valence-electron chi connectivity index (χ1n) is 20.5. The Morgan fingerprint density at radius 2 is 0.667 bits per heavy atom. The van der Waals surface area contributed by atoms with Crippen molar-refractivity contribution in [2.75, 3.05) is 4.90 Å². The third-order valence-corrected chi connectivity index (χ3v) is 11.7. The van der Waals surface area contributed by atoms with E-state index in [1.807, 2.05) is 6.07 Å². The highest BCUT2D eigenvalue weighted by molar-refractivity contribution is 6.22. The number of para-hydroxylation sites is 1. The lowest BCUT2D eigenvalue weighted by atomic mass is 9.91. The van der Waals surface area contributed by atoms with E-state index in [1.54, 1.807) is 0 Å². The predicted octanol–water partition coefficient (Wildman–Crippen LogP) is 16.5. The van der Waals surface area contributed by atoms with E-state index in [-0.39, 0.29) is 0 Å². The quantitative estimate of drug-likeness (QED) is 0.153. The van der Waals surface area contributed by atoms with E-state index >= 15 is 0 Å². The van der Waals surface area contributed by atoms with Crippen molar-refractivity contribution in [2.45, 2.75) is 0 Å². The Morgan fingerprint density at radius 1 is 0.250 bits per heavy atom. The SMILES string of the molecule is c1ccc(-c2ccc(N(c3ccc(-c4ccccc4)cc3)c3ccc(-c4ccc5c(-c6cccc(-c7ccccc7)c6)cc6oc7ccccc7c6c5c4)cc3)cc2)cc1. The molecule has 0 aliphatic heterocycles. The smallest absolute Gasteiger partial charge is 0.136 e. The average molecular weight is 766 g/mol. The first kappa shape index (κ1) is 35.2. The minimum atomic E-state index is 0.892. The van der Waals surface area contributed by atoms with Gasteiger partial charge in [-0.2, -0.15) is 0 Å². The van der Waals surface area contributed by atoms with Gasteiger partial charge in [-0.15, -0.1) is 0 Å². The molecule has 2 nitrogen and oxygen atoms in total. The fourth-order valence-electron chi connectivity index (χ4n) is 8.67. The van der Waals surface area contributed by atoms with Crippen LogP contribution < -0.4 is 4.90 Å². The molecular formula is C58H39NO. The first-order valence-corrected chi connectivity index (χ1v) is 20.5. The van der Waals surface area contributed by atoms with E-state index in [0.717, 1.165) is 61.3 Å². The van der Waals surface area contributed by atoms with Crippen LogP contribution in [0, 0.1) is 0 Å². The lowest BCUT2D eigenvalue weighted by Crippen LogP contribution is -2.09. The van der Waals surface area contributed by atoms with Gasteiger partial charge in [-0.1, -0.05) is 176 Å². The second kappa shape index (κ2) is 15.1. The van der Waals surface area contributed by atoms with Gasteiger partial charge in [-0.3, -0.25) is 0 Å². The molecule has 10 aromatic carbocycles. The maximum atomic E-state index is 6.57. The van der Waals surface area contributed by atoms with Gasteiger partial charge in [0.05, 0.1) is 0 Å². The van der Waals surface area contributed by atoms with Gasteiger partial charge in [0.15, 0.2) is 0 Å². The molecule has 60 heavy (non-hydrogen) atoms. The maximum absolute atomic E-state index is 6.57. The zero-order valence-corrected chi connectivity index (χ0v) is 32.9. The number of hydrogen-bond donors (Lipinski definition) is 0. The van der Waals surface area contributed by atoms with Crippen molar-refractivity contribution < 1.29 is 4.42 Å². The molecular weight excluding hydrogens is 727 g/mol. The summed E-state index contributed by atoms with van der Waals surface area (Å²) in [5.41, 5.74) is 16.9. The molecule has 2 heteroatoms. The Morgan fingerprint density at radius 3 is 1.23 bits per heavy atom. The summed E-state index contributed by atoms with van der Waals surface area (Å²) in [4.78, 5) is 2.34. The molecule has 11 aromatic rings. The van der Waals surface area contributed by atoms with Crippen LogP contribution in [-0.4, -0.2) is 0 Å². The second-order valence-corrected chi connectivity index (χ2v) is 15.3. The molecule has 0 fully saturated rings. The number of rotatable bonds is 8. The average Bonchev–Trinajstić information content (AvgIpc) is 3.72. The summed E-state index contributed by atoms with van der Waals surface area (Å²) in [6, 6.07) is 84.7. The molecule has 0 aliphatic rings. The van der Waals surface area contributed by atoms with Gasteiger partial charge in [-0.25, -0.2) is 0 Å². The molecule has 11 rings (SSSR count). The van der Waals surface area contributed by atoms with Crippen LogP contribution in [0.3, 0.4) is 0 Å². The summed E-state index contributed by atoms with van der Waals surface area (Å²) < 4.78 is 6.57. The van der Waals surface area contributed by atoms with Crippen LogP contribution in [0.25, 0.3) is 88.3 Å². The highest BCUT2D eigenvalue weighted by Crippen LogP contribution is 2.43. The molecule has 0 bridgehead atoms. The summed E-state index contributed by atoms with van der Waals surface area (Å²) >= 11 is 0. The molecule has 0 amide bonds. The summed E-state index contributed by atoms with van der Waals surface area (Å²) in [5.74, 6) is 0. The minimum Gasteiger partial charge on any atom is -0.456 e. The lowest BCUT2D eigenvalue weighted by molar-refractivity contribution is 0.669. The zero-order chi connectivity index (χ0) is 39.8. The fourth-order valence-corrected chi connectivity index (χ4v) is 8.67. The van der Waals surface area contributed by atoms with E-state index in [1.165, 1.54) is 44.2 Å². The standard InChI is InChI=1S/C58H39NO/c1-4-13-40(14-5-1)43-23-30-49(31-24-43)59(50-32-25-44(26-33-50)41-15-6-2-7-16-41)51-34-27-45(28-35-51)47-29-36-52-54(48-20-12-19-46(37-48)42-17-8-3-9-18-42)39-57-58(55(52)38-47)53-21-10-11-22-56(53)60-57/h1-39H. The topological polar surface area (TPSA) is 16.4 Å². The van der Waals surface area contributed by atoms with E-state index < -0.39 is 0 Å². The van der Waals surface area contributed by atoms with Crippen LogP contribution in [0.4, 0.5) is 17.1 Å². The zero-order valence-electron chi connectivity index (χ0n) is 32.9. The summed E-state index contributed by atoms with van der Waals surface area (Å²) in [6.07, 6.45) is 0. The lowest BCUT2D eigenvalue weighted by Gasteiger charge is -2.26. The third-order valence-electron chi connectivity index (χ3n) is 11.7. The van der Waals surface area contributed by atoms with Crippen LogP contribution in [0.1, 0.15) is 0 Å². The Balaban J connectivity index is 1.01. The van der Waals surface area contributed by atoms with E-state index in [0.29, 0.717) is 0 Å². The number of fused-ring (bicyclic) bond motifs is 5. The first-order chi connectivity index (χ1) is 29.7. The van der Waals surface area contributed by atoms with Gasteiger partial charge in [0.25, 0.3) is 0 Å². The monoisotopic (exact) mass is 765 g/mol. The molecule has 0 N–H and O–H groups in total. The summed E-state index contributed by atoms with van der Waals surface area (Å²) in [7, 11) is 0. The van der Waals surface area contributed by atoms with Gasteiger partial charge in [0, 0.05) is 27.8 Å². The van der Waals surface area contributed by atoms with Gasteiger partial charge in [0.2, 0.25) is 0 Å². The highest BCUT2D eigenvalue weighted by Gasteiger charge is 2.18. The summed E-state index contributed by atoms with van der Waals surface area (Å²) in [6.45, 7) is 0. The van der Waals surface area contributed by atoms with Gasteiger partial charge in [0.1, 0.15) is 11.2 Å². The minimum absolute atomic E-state index is 0.892. The van der Waals surface area contributed by atoms with Crippen LogP contribution in [0.2, 0.25) is 0 Å². The molecule has 0 saturated carbocycles. The van der Waals surface area contributed by atoms with Crippen LogP contribution in [0.5, 0.6) is 0 Å². The van der Waals surface area contributed by atoms with E-state index in [9.17, 15) is 0 Å². The van der Waals surface area contributed by atoms with Crippen LogP contribution in [-0.2, 0) is 0 Å². The third kappa shape index (κ3) is 6.51. The Kier molecular flexibility index (Phi) is 8.87. The summed E-state index contributed by atoms with van der Waals surface area (Å²) in [5, 5.41) is 4.65. The number of anilines is 3. The van der Waals surface area contributed by atoms with Crippen molar-refractivity contribution in [1.29, 1.82) is 0 Å². The normalized spacial score (nSPS) is 11.3. The van der Waals surface area contributed by atoms with E-state index in [4.69, 9.17) is 4.42 Å². The van der Waals surface area contributed by atoms with E-state index in [2.05, 4.69) is 235 Å². The molecule has 1 aromatic heterocycles. The molecule has 0 saturated heterocycles. The van der Waals surface area contributed by atoms with Crippen molar-refractivity contribution in [3.8, 4) is 55.6 Å².